The summed E-state index contributed by atoms with van der Waals surface area (Å²) in [7, 11) is 3.22. The number of para-hydroxylation sites is 1. The molecule has 0 bridgehead atoms. The van der Waals surface area contributed by atoms with Crippen LogP contribution in [-0.2, 0) is 16.0 Å². The molecule has 0 spiro atoms. The van der Waals surface area contributed by atoms with Crippen molar-refractivity contribution in [1.29, 1.82) is 0 Å². The summed E-state index contributed by atoms with van der Waals surface area (Å²) < 4.78 is 10.5. The molecule has 1 aliphatic heterocycles. The molecule has 1 saturated heterocycles. The molecule has 0 radical (unpaired) electrons. The first-order valence-corrected chi connectivity index (χ1v) is 8.96. The first kappa shape index (κ1) is 18.8. The lowest BCUT2D eigenvalue weighted by atomic mass is 10.1. The Morgan fingerprint density at radius 2 is 1.85 bits per heavy atom. The monoisotopic (exact) mass is 368 g/mol. The second-order valence-electron chi connectivity index (χ2n) is 6.37. The SMILES string of the molecule is COc1cccc(N2CCN(C(=O)CCc3ccccc3OC)CC2=O)c1. The Labute approximate surface area is 159 Å². The first-order valence-electron chi connectivity index (χ1n) is 8.96. The molecule has 0 atom stereocenters. The third-order valence-electron chi connectivity index (χ3n) is 4.74. The van der Waals surface area contributed by atoms with E-state index in [-0.39, 0.29) is 18.4 Å². The van der Waals surface area contributed by atoms with Crippen LogP contribution in [0, 0.1) is 0 Å². The number of hydrogen-bond donors (Lipinski definition) is 0. The highest BCUT2D eigenvalue weighted by atomic mass is 16.5. The fraction of sp³-hybridized carbons (Fsp3) is 0.333. The lowest BCUT2D eigenvalue weighted by Crippen LogP contribution is -2.52. The zero-order chi connectivity index (χ0) is 19.2. The number of ether oxygens (including phenoxy) is 2. The number of aryl methyl sites for hydroxylation is 1. The highest BCUT2D eigenvalue weighted by molar-refractivity contribution is 5.98. The van der Waals surface area contributed by atoms with E-state index in [0.29, 0.717) is 31.7 Å². The fourth-order valence-corrected chi connectivity index (χ4v) is 3.25. The topological polar surface area (TPSA) is 59.1 Å². The zero-order valence-corrected chi connectivity index (χ0v) is 15.7. The molecule has 0 N–H and O–H groups in total. The van der Waals surface area contributed by atoms with Crippen molar-refractivity contribution in [3.8, 4) is 11.5 Å². The van der Waals surface area contributed by atoms with Gasteiger partial charge in [0.1, 0.15) is 18.0 Å². The van der Waals surface area contributed by atoms with Crippen molar-refractivity contribution in [3.05, 3.63) is 54.1 Å². The molecule has 2 aromatic carbocycles. The molecular weight excluding hydrogens is 344 g/mol. The van der Waals surface area contributed by atoms with Gasteiger partial charge in [-0.1, -0.05) is 24.3 Å². The molecule has 142 valence electrons. The predicted molar refractivity (Wildman–Crippen MR) is 103 cm³/mol. The molecule has 0 aromatic heterocycles. The third-order valence-corrected chi connectivity index (χ3v) is 4.74. The van der Waals surface area contributed by atoms with Crippen molar-refractivity contribution in [2.75, 3.05) is 38.8 Å². The van der Waals surface area contributed by atoms with E-state index >= 15 is 0 Å². The Balaban J connectivity index is 1.58. The van der Waals surface area contributed by atoms with Gasteiger partial charge in [-0.2, -0.15) is 0 Å². The largest absolute Gasteiger partial charge is 0.497 e. The maximum Gasteiger partial charge on any atom is 0.246 e. The Morgan fingerprint density at radius 3 is 2.59 bits per heavy atom. The van der Waals surface area contributed by atoms with Crippen molar-refractivity contribution in [3.63, 3.8) is 0 Å². The number of hydrogen-bond acceptors (Lipinski definition) is 4. The highest BCUT2D eigenvalue weighted by Gasteiger charge is 2.28. The third kappa shape index (κ3) is 4.39. The van der Waals surface area contributed by atoms with Crippen LogP contribution in [0.5, 0.6) is 11.5 Å². The van der Waals surface area contributed by atoms with E-state index in [9.17, 15) is 9.59 Å². The van der Waals surface area contributed by atoms with Crippen molar-refractivity contribution in [1.82, 2.24) is 4.90 Å². The standard InChI is InChI=1S/C21H24N2O4/c1-26-18-8-5-7-17(14-18)23-13-12-22(15-21(23)25)20(24)11-10-16-6-3-4-9-19(16)27-2/h3-9,14H,10-13,15H2,1-2H3. The predicted octanol–water partition coefficient (Wildman–Crippen LogP) is 2.51. The van der Waals surface area contributed by atoms with Gasteiger partial charge in [0.25, 0.3) is 0 Å². The molecule has 1 heterocycles. The molecule has 6 heteroatoms. The van der Waals surface area contributed by atoms with Gasteiger partial charge in [-0.25, -0.2) is 0 Å². The van der Waals surface area contributed by atoms with E-state index in [4.69, 9.17) is 9.47 Å². The zero-order valence-electron chi connectivity index (χ0n) is 15.7. The molecule has 1 fully saturated rings. The highest BCUT2D eigenvalue weighted by Crippen LogP contribution is 2.23. The second-order valence-corrected chi connectivity index (χ2v) is 6.37. The number of piperazine rings is 1. The van der Waals surface area contributed by atoms with E-state index in [0.717, 1.165) is 17.0 Å². The average molecular weight is 368 g/mol. The van der Waals surface area contributed by atoms with E-state index in [1.807, 2.05) is 48.5 Å². The number of amides is 2. The second kappa shape index (κ2) is 8.58. The molecule has 1 aliphatic rings. The summed E-state index contributed by atoms with van der Waals surface area (Å²) in [4.78, 5) is 28.4. The van der Waals surface area contributed by atoms with Crippen LogP contribution in [0.25, 0.3) is 0 Å². The van der Waals surface area contributed by atoms with Gasteiger partial charge in [-0.15, -0.1) is 0 Å². The van der Waals surface area contributed by atoms with Crippen LogP contribution in [0.3, 0.4) is 0 Å². The fourth-order valence-electron chi connectivity index (χ4n) is 3.25. The normalized spacial score (nSPS) is 14.2. The van der Waals surface area contributed by atoms with E-state index < -0.39 is 0 Å². The minimum Gasteiger partial charge on any atom is -0.497 e. The van der Waals surface area contributed by atoms with Gasteiger partial charge in [0, 0.05) is 31.3 Å². The van der Waals surface area contributed by atoms with Crippen molar-refractivity contribution in [2.45, 2.75) is 12.8 Å². The van der Waals surface area contributed by atoms with Crippen LogP contribution >= 0.6 is 0 Å². The minimum absolute atomic E-state index is 0.0143. The van der Waals surface area contributed by atoms with Crippen LogP contribution in [-0.4, -0.2) is 50.6 Å². The van der Waals surface area contributed by atoms with E-state index in [2.05, 4.69) is 0 Å². The lowest BCUT2D eigenvalue weighted by molar-refractivity contribution is -0.136. The Bertz CT molecular complexity index is 821. The molecule has 2 aromatic rings. The Morgan fingerprint density at radius 1 is 1.04 bits per heavy atom. The number of benzene rings is 2. The summed E-state index contributed by atoms with van der Waals surface area (Å²) in [5, 5.41) is 0. The molecule has 0 saturated carbocycles. The Kier molecular flexibility index (Phi) is 5.96. The number of nitrogens with zero attached hydrogens (tertiary/aromatic N) is 2. The van der Waals surface area contributed by atoms with Crippen LogP contribution in [0.4, 0.5) is 5.69 Å². The number of rotatable bonds is 6. The molecule has 27 heavy (non-hydrogen) atoms. The number of anilines is 1. The average Bonchev–Trinajstić information content (AvgIpc) is 2.72. The summed E-state index contributed by atoms with van der Waals surface area (Å²) in [6, 6.07) is 15.1. The van der Waals surface area contributed by atoms with Gasteiger partial charge in [-0.3, -0.25) is 9.59 Å². The number of carbonyl (C=O) groups excluding carboxylic acids is 2. The van der Waals surface area contributed by atoms with Gasteiger partial charge in [-0.05, 0) is 30.2 Å². The van der Waals surface area contributed by atoms with Crippen molar-refractivity contribution in [2.24, 2.45) is 0 Å². The van der Waals surface area contributed by atoms with Crippen molar-refractivity contribution < 1.29 is 19.1 Å². The van der Waals surface area contributed by atoms with Crippen LogP contribution in [0.2, 0.25) is 0 Å². The summed E-state index contributed by atoms with van der Waals surface area (Å²) in [5.41, 5.74) is 1.79. The minimum atomic E-state index is -0.0832. The van der Waals surface area contributed by atoms with Crippen LogP contribution < -0.4 is 14.4 Å². The lowest BCUT2D eigenvalue weighted by Gasteiger charge is -2.34. The maximum absolute atomic E-state index is 12.6. The van der Waals surface area contributed by atoms with E-state index in [1.165, 1.54) is 0 Å². The summed E-state index contributed by atoms with van der Waals surface area (Å²) >= 11 is 0. The van der Waals surface area contributed by atoms with Gasteiger partial charge >= 0.3 is 0 Å². The molecule has 2 amide bonds. The molecule has 0 aliphatic carbocycles. The molecule has 0 unspecified atom stereocenters. The number of carbonyl (C=O) groups is 2. The first-order chi connectivity index (χ1) is 13.1. The summed E-state index contributed by atoms with van der Waals surface area (Å²) in [6.07, 6.45) is 0.944. The Hall–Kier alpha value is -3.02. The molecular formula is C21H24N2O4. The van der Waals surface area contributed by atoms with Gasteiger partial charge in [0.2, 0.25) is 11.8 Å². The van der Waals surface area contributed by atoms with Gasteiger partial charge < -0.3 is 19.3 Å². The van der Waals surface area contributed by atoms with Gasteiger partial charge in [0.15, 0.2) is 0 Å². The van der Waals surface area contributed by atoms with Crippen LogP contribution in [0.1, 0.15) is 12.0 Å². The quantitative estimate of drug-likeness (QED) is 0.786. The molecule has 6 nitrogen and oxygen atoms in total. The molecule has 3 rings (SSSR count). The summed E-state index contributed by atoms with van der Waals surface area (Å²) in [5.74, 6) is 1.39. The maximum atomic E-state index is 12.6. The smallest absolute Gasteiger partial charge is 0.246 e. The summed E-state index contributed by atoms with van der Waals surface area (Å²) in [6.45, 7) is 1.10. The number of methoxy groups -OCH3 is 2. The van der Waals surface area contributed by atoms with Gasteiger partial charge in [0.05, 0.1) is 14.2 Å². The van der Waals surface area contributed by atoms with Crippen molar-refractivity contribution >= 4 is 17.5 Å². The van der Waals surface area contributed by atoms with Crippen LogP contribution in [0.15, 0.2) is 48.5 Å². The van der Waals surface area contributed by atoms with E-state index in [1.54, 1.807) is 24.0 Å².